The minimum Gasteiger partial charge on any atom is -0.479 e. The minimum absolute atomic E-state index is 0.0112. The van der Waals surface area contributed by atoms with Crippen LogP contribution in [0.25, 0.3) is 0 Å². The Morgan fingerprint density at radius 2 is 2.19 bits per heavy atom. The monoisotopic (exact) mass is 219 g/mol. The summed E-state index contributed by atoms with van der Waals surface area (Å²) in [5.41, 5.74) is 0.407. The molecule has 0 aromatic heterocycles. The van der Waals surface area contributed by atoms with Gasteiger partial charge in [-0.05, 0) is 12.5 Å². The summed E-state index contributed by atoms with van der Waals surface area (Å²) in [5.74, 6) is -1.50. The summed E-state index contributed by atoms with van der Waals surface area (Å²) in [6, 6.07) is 4.70. The summed E-state index contributed by atoms with van der Waals surface area (Å²) in [7, 11) is 0. The third kappa shape index (κ3) is 1.92. The number of carbonyl (C=O) groups is 2. The van der Waals surface area contributed by atoms with Gasteiger partial charge < -0.3 is 10.2 Å². The molecular formula is C11H9NO4. The zero-order valence-electron chi connectivity index (χ0n) is 8.47. The number of nitrogens with zero attached hydrogens (tertiary/aromatic N) is 1. The van der Waals surface area contributed by atoms with Crippen LogP contribution in [0.2, 0.25) is 0 Å². The molecule has 1 aromatic rings. The van der Waals surface area contributed by atoms with Crippen molar-refractivity contribution in [3.8, 4) is 6.07 Å². The van der Waals surface area contributed by atoms with Crippen LogP contribution in [-0.4, -0.2) is 22.5 Å². The van der Waals surface area contributed by atoms with E-state index in [1.54, 1.807) is 13.0 Å². The molecule has 0 saturated carbocycles. The molecule has 5 heteroatoms. The Kier molecular flexibility index (Phi) is 3.38. The molecule has 0 aliphatic carbocycles. The molecule has 16 heavy (non-hydrogen) atoms. The fourth-order valence-corrected chi connectivity index (χ4v) is 1.41. The van der Waals surface area contributed by atoms with E-state index in [4.69, 9.17) is 10.4 Å². The Hall–Kier alpha value is -2.19. The van der Waals surface area contributed by atoms with Crippen molar-refractivity contribution >= 4 is 12.3 Å². The van der Waals surface area contributed by atoms with Gasteiger partial charge in [-0.2, -0.15) is 5.26 Å². The number of aryl methyl sites for hydroxylation is 1. The van der Waals surface area contributed by atoms with Crippen molar-refractivity contribution in [1.29, 1.82) is 5.26 Å². The number of nitriles is 1. The quantitative estimate of drug-likeness (QED) is 0.732. The van der Waals surface area contributed by atoms with E-state index in [1.165, 1.54) is 12.1 Å². The van der Waals surface area contributed by atoms with Gasteiger partial charge in [0.25, 0.3) is 0 Å². The molecule has 0 amide bonds. The Labute approximate surface area is 91.6 Å². The third-order valence-electron chi connectivity index (χ3n) is 2.23. The number of aliphatic hydroxyl groups is 1. The molecule has 0 saturated heterocycles. The molecule has 2 N–H and O–H groups in total. The van der Waals surface area contributed by atoms with E-state index in [1.807, 2.05) is 0 Å². The maximum atomic E-state index is 10.7. The number of carbonyl (C=O) groups excluding carboxylic acids is 1. The first-order valence-corrected chi connectivity index (χ1v) is 4.42. The van der Waals surface area contributed by atoms with Crippen LogP contribution in [0.15, 0.2) is 12.1 Å². The number of aldehydes is 1. The highest BCUT2D eigenvalue weighted by molar-refractivity contribution is 5.85. The number of hydrogen-bond acceptors (Lipinski definition) is 4. The highest BCUT2D eigenvalue weighted by atomic mass is 16.4. The molecule has 0 aliphatic heterocycles. The summed E-state index contributed by atoms with van der Waals surface area (Å²) >= 11 is 0. The van der Waals surface area contributed by atoms with Gasteiger partial charge in [0.15, 0.2) is 6.10 Å². The maximum Gasteiger partial charge on any atom is 0.337 e. The lowest BCUT2D eigenvalue weighted by Gasteiger charge is -2.12. The maximum absolute atomic E-state index is 10.7. The molecule has 0 spiro atoms. The number of carboxylic acids is 1. The van der Waals surface area contributed by atoms with E-state index in [9.17, 15) is 14.7 Å². The summed E-state index contributed by atoms with van der Waals surface area (Å²) < 4.78 is 0. The average molecular weight is 219 g/mol. The predicted molar refractivity (Wildman–Crippen MR) is 53.9 cm³/mol. The number of aliphatic hydroxyl groups excluding tert-OH is 1. The zero-order chi connectivity index (χ0) is 12.3. The number of benzene rings is 1. The Balaban J connectivity index is 3.55. The fourth-order valence-electron chi connectivity index (χ4n) is 1.41. The van der Waals surface area contributed by atoms with Crippen LogP contribution in [0.5, 0.6) is 0 Å². The van der Waals surface area contributed by atoms with E-state index in [-0.39, 0.29) is 16.7 Å². The van der Waals surface area contributed by atoms with Crippen molar-refractivity contribution in [2.45, 2.75) is 13.0 Å². The first-order chi connectivity index (χ1) is 7.52. The first-order valence-electron chi connectivity index (χ1n) is 4.42. The largest absolute Gasteiger partial charge is 0.479 e. The molecule has 1 aromatic carbocycles. The van der Waals surface area contributed by atoms with Crippen molar-refractivity contribution in [2.24, 2.45) is 0 Å². The highest BCUT2D eigenvalue weighted by Crippen LogP contribution is 2.24. The molecule has 1 atom stereocenters. The fraction of sp³-hybridized carbons (Fsp3) is 0.182. The van der Waals surface area contributed by atoms with Gasteiger partial charge in [0.05, 0.1) is 11.6 Å². The molecule has 0 fully saturated rings. The molecule has 0 radical (unpaired) electrons. The van der Waals surface area contributed by atoms with Crippen LogP contribution in [0.3, 0.4) is 0 Å². The van der Waals surface area contributed by atoms with E-state index >= 15 is 0 Å². The van der Waals surface area contributed by atoms with Gasteiger partial charge in [-0.25, -0.2) is 4.79 Å². The summed E-state index contributed by atoms with van der Waals surface area (Å²) in [5, 5.41) is 27.0. The second kappa shape index (κ2) is 4.55. The van der Waals surface area contributed by atoms with Crippen molar-refractivity contribution in [3.63, 3.8) is 0 Å². The summed E-state index contributed by atoms with van der Waals surface area (Å²) in [6.07, 6.45) is -1.45. The third-order valence-corrected chi connectivity index (χ3v) is 2.23. The zero-order valence-corrected chi connectivity index (χ0v) is 8.47. The van der Waals surface area contributed by atoms with Crippen LogP contribution < -0.4 is 0 Å². The summed E-state index contributed by atoms with van der Waals surface area (Å²) in [4.78, 5) is 21.4. The SMILES string of the molecule is Cc1ccc(C=O)c(C(O)C(=O)O)c1C#N. The predicted octanol–water partition coefficient (Wildman–Crippen LogP) is 0.797. The molecule has 5 nitrogen and oxygen atoms in total. The van der Waals surface area contributed by atoms with Gasteiger partial charge in [0, 0.05) is 11.1 Å². The van der Waals surface area contributed by atoms with Crippen LogP contribution in [0.1, 0.15) is 33.2 Å². The van der Waals surface area contributed by atoms with Gasteiger partial charge in [-0.3, -0.25) is 4.79 Å². The molecule has 1 unspecified atom stereocenters. The first kappa shape index (κ1) is 11.9. The second-order valence-electron chi connectivity index (χ2n) is 3.23. The highest BCUT2D eigenvalue weighted by Gasteiger charge is 2.24. The van der Waals surface area contributed by atoms with E-state index in [0.29, 0.717) is 11.8 Å². The van der Waals surface area contributed by atoms with E-state index in [2.05, 4.69) is 0 Å². The van der Waals surface area contributed by atoms with Crippen LogP contribution >= 0.6 is 0 Å². The topological polar surface area (TPSA) is 98.4 Å². The van der Waals surface area contributed by atoms with Gasteiger partial charge in [-0.1, -0.05) is 12.1 Å². The molecule has 1 rings (SSSR count). The van der Waals surface area contributed by atoms with Crippen molar-refractivity contribution < 1.29 is 19.8 Å². The smallest absolute Gasteiger partial charge is 0.337 e. The van der Waals surface area contributed by atoms with Gasteiger partial charge in [0.2, 0.25) is 0 Å². The molecule has 0 bridgehead atoms. The van der Waals surface area contributed by atoms with Gasteiger partial charge in [-0.15, -0.1) is 0 Å². The van der Waals surface area contributed by atoms with Crippen molar-refractivity contribution in [3.05, 3.63) is 34.4 Å². The Bertz CT molecular complexity index is 487. The number of aliphatic carboxylic acids is 1. The summed E-state index contributed by atoms with van der Waals surface area (Å²) in [6.45, 7) is 1.60. The molecule has 0 aliphatic rings. The second-order valence-corrected chi connectivity index (χ2v) is 3.23. The lowest BCUT2D eigenvalue weighted by atomic mass is 9.94. The number of hydrogen-bond donors (Lipinski definition) is 2. The lowest BCUT2D eigenvalue weighted by Crippen LogP contribution is -2.15. The normalized spacial score (nSPS) is 11.6. The van der Waals surface area contributed by atoms with E-state index in [0.717, 1.165) is 0 Å². The molecule has 0 heterocycles. The lowest BCUT2D eigenvalue weighted by molar-refractivity contribution is -0.146. The van der Waals surface area contributed by atoms with Crippen LogP contribution in [0.4, 0.5) is 0 Å². The standard InChI is InChI=1S/C11H9NO4/c1-6-2-3-7(5-13)9(8(6)4-12)10(14)11(15)16/h2-3,5,10,14H,1H3,(H,15,16). The van der Waals surface area contributed by atoms with Crippen LogP contribution in [0, 0.1) is 18.3 Å². The van der Waals surface area contributed by atoms with Crippen LogP contribution in [-0.2, 0) is 4.79 Å². The minimum atomic E-state index is -1.87. The number of carboxylic acid groups (broad SMARTS) is 1. The van der Waals surface area contributed by atoms with Crippen molar-refractivity contribution in [2.75, 3.05) is 0 Å². The molecular weight excluding hydrogens is 210 g/mol. The average Bonchev–Trinajstić information content (AvgIpc) is 2.27. The van der Waals surface area contributed by atoms with E-state index < -0.39 is 12.1 Å². The molecule has 82 valence electrons. The Morgan fingerprint density at radius 3 is 2.62 bits per heavy atom. The van der Waals surface area contributed by atoms with Crippen molar-refractivity contribution in [1.82, 2.24) is 0 Å². The van der Waals surface area contributed by atoms with Gasteiger partial charge >= 0.3 is 5.97 Å². The number of rotatable bonds is 3. The Morgan fingerprint density at radius 1 is 1.56 bits per heavy atom. The van der Waals surface area contributed by atoms with Gasteiger partial charge in [0.1, 0.15) is 6.29 Å².